The molecule has 236 valence electrons. The predicted octanol–water partition coefficient (Wildman–Crippen LogP) is 6.06. The Hall–Kier alpha value is -4.43. The molecule has 0 bridgehead atoms. The average Bonchev–Trinajstić information content (AvgIpc) is 3.74. The number of amides is 2. The first-order valence-corrected chi connectivity index (χ1v) is 14.8. The van der Waals surface area contributed by atoms with Crippen LogP contribution < -0.4 is 21.1 Å². The number of ether oxygens (including phenoxy) is 2. The SMILES string of the molecule is Nc1ncnc2c1c(-c1ccc(NC(=O)Nc3ccc(OC4CCN(C5COC5)CC4)c(C(F)(F)F)c3)c(F)c1)cn2C1CC1. The Morgan fingerprint density at radius 3 is 2.44 bits per heavy atom. The van der Waals surface area contributed by atoms with Crippen molar-refractivity contribution in [2.45, 2.75) is 50.0 Å². The highest BCUT2D eigenvalue weighted by Crippen LogP contribution is 2.42. The Morgan fingerprint density at radius 2 is 1.78 bits per heavy atom. The molecule has 10 nitrogen and oxygen atoms in total. The van der Waals surface area contributed by atoms with Crippen molar-refractivity contribution in [1.82, 2.24) is 19.4 Å². The number of hydrogen-bond acceptors (Lipinski definition) is 7. The molecular formula is C31H31F4N7O3. The molecule has 4 N–H and O–H groups in total. The largest absolute Gasteiger partial charge is 0.490 e. The van der Waals surface area contributed by atoms with Crippen molar-refractivity contribution in [3.05, 3.63) is 60.3 Å². The number of nitrogens with two attached hydrogens (primary N) is 1. The van der Waals surface area contributed by atoms with Gasteiger partial charge in [-0.1, -0.05) is 6.07 Å². The van der Waals surface area contributed by atoms with E-state index in [0.717, 1.165) is 32.0 Å². The van der Waals surface area contributed by atoms with Crippen LogP contribution in [0.25, 0.3) is 22.2 Å². The quantitative estimate of drug-likeness (QED) is 0.214. The minimum absolute atomic E-state index is 0.118. The Balaban J connectivity index is 1.04. The van der Waals surface area contributed by atoms with Crippen LogP contribution in [0.3, 0.4) is 0 Å². The van der Waals surface area contributed by atoms with E-state index < -0.39 is 23.6 Å². The van der Waals surface area contributed by atoms with E-state index in [1.807, 2.05) is 10.8 Å². The van der Waals surface area contributed by atoms with Crippen molar-refractivity contribution >= 4 is 34.3 Å². The van der Waals surface area contributed by atoms with Crippen molar-refractivity contribution < 1.29 is 31.8 Å². The second-order valence-electron chi connectivity index (χ2n) is 11.7. The number of nitrogen functional groups attached to an aromatic ring is 1. The number of urea groups is 1. The van der Waals surface area contributed by atoms with E-state index >= 15 is 4.39 Å². The van der Waals surface area contributed by atoms with Crippen molar-refractivity contribution in [2.24, 2.45) is 0 Å². The molecule has 45 heavy (non-hydrogen) atoms. The Bertz CT molecular complexity index is 1750. The van der Waals surface area contributed by atoms with Crippen LogP contribution in [0.4, 0.5) is 39.5 Å². The van der Waals surface area contributed by atoms with Crippen LogP contribution in [-0.4, -0.2) is 63.9 Å². The summed E-state index contributed by atoms with van der Waals surface area (Å²) in [6.07, 6.45) is 1.42. The molecule has 2 amide bonds. The lowest BCUT2D eigenvalue weighted by atomic mass is 10.0. The summed E-state index contributed by atoms with van der Waals surface area (Å²) in [5.41, 5.74) is 6.71. The number of nitrogens with zero attached hydrogens (tertiary/aromatic N) is 4. The molecule has 7 rings (SSSR count). The maximum Gasteiger partial charge on any atom is 0.420 e. The van der Waals surface area contributed by atoms with Gasteiger partial charge in [0.25, 0.3) is 0 Å². The number of carbonyl (C=O) groups excluding carboxylic acids is 1. The fraction of sp³-hybridized carbons (Fsp3) is 0.387. The van der Waals surface area contributed by atoms with E-state index in [4.69, 9.17) is 15.2 Å². The van der Waals surface area contributed by atoms with Crippen LogP contribution in [0.15, 0.2) is 48.9 Å². The van der Waals surface area contributed by atoms with E-state index in [1.54, 1.807) is 6.07 Å². The molecule has 3 fully saturated rings. The number of nitrogens with one attached hydrogen (secondary N) is 2. The molecule has 0 atom stereocenters. The second kappa shape index (κ2) is 11.5. The Kier molecular flexibility index (Phi) is 7.48. The zero-order valence-corrected chi connectivity index (χ0v) is 24.1. The third-order valence-electron chi connectivity index (χ3n) is 8.56. The van der Waals surface area contributed by atoms with Gasteiger partial charge in [0.05, 0.1) is 35.9 Å². The minimum atomic E-state index is -4.72. The van der Waals surface area contributed by atoms with E-state index in [2.05, 4.69) is 25.5 Å². The van der Waals surface area contributed by atoms with Crippen LogP contribution in [0, 0.1) is 5.82 Å². The number of likely N-dealkylation sites (tertiary alicyclic amines) is 1. The van der Waals surface area contributed by atoms with Crippen LogP contribution in [-0.2, 0) is 10.9 Å². The van der Waals surface area contributed by atoms with Gasteiger partial charge in [-0.2, -0.15) is 13.2 Å². The molecule has 1 saturated carbocycles. The highest BCUT2D eigenvalue weighted by molar-refractivity contribution is 6.02. The molecule has 4 heterocycles. The first-order chi connectivity index (χ1) is 21.6. The number of aromatic nitrogens is 3. The number of piperidine rings is 1. The molecule has 2 aromatic heterocycles. The summed E-state index contributed by atoms with van der Waals surface area (Å²) in [6.45, 7) is 2.82. The molecule has 0 spiro atoms. The zero-order chi connectivity index (χ0) is 31.3. The molecule has 4 aromatic rings. The van der Waals surface area contributed by atoms with Gasteiger partial charge in [0.15, 0.2) is 0 Å². The van der Waals surface area contributed by atoms with Crippen LogP contribution in [0.1, 0.15) is 37.3 Å². The van der Waals surface area contributed by atoms with Gasteiger partial charge in [-0.25, -0.2) is 19.2 Å². The number of hydrogen-bond donors (Lipinski definition) is 3. The predicted molar refractivity (Wildman–Crippen MR) is 160 cm³/mol. The van der Waals surface area contributed by atoms with E-state index in [9.17, 15) is 18.0 Å². The maximum absolute atomic E-state index is 15.2. The summed E-state index contributed by atoms with van der Waals surface area (Å²) in [6, 6.07) is 7.37. The zero-order valence-electron chi connectivity index (χ0n) is 24.1. The molecular weight excluding hydrogens is 594 g/mol. The highest BCUT2D eigenvalue weighted by atomic mass is 19.4. The molecule has 3 aliphatic rings. The van der Waals surface area contributed by atoms with Crippen molar-refractivity contribution in [1.29, 1.82) is 0 Å². The highest BCUT2D eigenvalue weighted by Gasteiger charge is 2.37. The van der Waals surface area contributed by atoms with Crippen LogP contribution >= 0.6 is 0 Å². The summed E-state index contributed by atoms with van der Waals surface area (Å²) >= 11 is 0. The summed E-state index contributed by atoms with van der Waals surface area (Å²) in [5, 5.41) is 5.36. The third kappa shape index (κ3) is 5.99. The lowest BCUT2D eigenvalue weighted by Gasteiger charge is -2.41. The standard InChI is InChI=1S/C31H31F4N7O3/c32-24-11-17(22-13-42(19-3-4-19)29-27(22)28(36)37-16-38-29)1-5-25(24)40-30(43)39-18-2-6-26(23(12-18)31(33,34)35)45-21-7-9-41(10-8-21)20-14-44-15-20/h1-2,5-6,11-13,16,19-21H,3-4,7-10,14-15H2,(H2,36,37,38)(H2,39,40,43). The van der Waals surface area contributed by atoms with Gasteiger partial charge in [0.2, 0.25) is 0 Å². The number of rotatable bonds is 7. The van der Waals surface area contributed by atoms with E-state index in [-0.39, 0.29) is 29.0 Å². The summed E-state index contributed by atoms with van der Waals surface area (Å²) < 4.78 is 70.2. The molecule has 0 unspecified atom stereocenters. The number of halogens is 4. The van der Waals surface area contributed by atoms with Gasteiger partial charge in [0, 0.05) is 36.6 Å². The summed E-state index contributed by atoms with van der Waals surface area (Å²) in [7, 11) is 0. The molecule has 2 aliphatic heterocycles. The number of benzene rings is 2. The van der Waals surface area contributed by atoms with Gasteiger partial charge < -0.3 is 30.4 Å². The van der Waals surface area contributed by atoms with Gasteiger partial charge in [-0.3, -0.25) is 4.90 Å². The summed E-state index contributed by atoms with van der Waals surface area (Å²) in [5.74, 6) is -0.758. The van der Waals surface area contributed by atoms with Gasteiger partial charge in [-0.15, -0.1) is 0 Å². The Labute approximate surface area is 255 Å². The topological polar surface area (TPSA) is 120 Å². The molecule has 14 heteroatoms. The van der Waals surface area contributed by atoms with E-state index in [1.165, 1.54) is 30.6 Å². The lowest BCUT2D eigenvalue weighted by molar-refractivity contribution is -0.139. The normalized spacial score (nSPS) is 18.1. The first kappa shape index (κ1) is 29.3. The minimum Gasteiger partial charge on any atom is -0.490 e. The monoisotopic (exact) mass is 625 g/mol. The molecule has 1 aliphatic carbocycles. The Morgan fingerprint density at radius 1 is 1.00 bits per heavy atom. The number of carbonyl (C=O) groups is 1. The van der Waals surface area contributed by atoms with Crippen LogP contribution in [0.2, 0.25) is 0 Å². The van der Waals surface area contributed by atoms with Gasteiger partial charge in [-0.05, 0) is 61.6 Å². The second-order valence-corrected chi connectivity index (χ2v) is 11.7. The first-order valence-electron chi connectivity index (χ1n) is 14.8. The smallest absolute Gasteiger partial charge is 0.420 e. The van der Waals surface area contributed by atoms with Crippen LogP contribution in [0.5, 0.6) is 5.75 Å². The fourth-order valence-electron chi connectivity index (χ4n) is 5.93. The summed E-state index contributed by atoms with van der Waals surface area (Å²) in [4.78, 5) is 23.4. The number of fused-ring (bicyclic) bond motifs is 1. The van der Waals surface area contributed by atoms with Crippen molar-refractivity contribution in [3.8, 4) is 16.9 Å². The van der Waals surface area contributed by atoms with Gasteiger partial charge in [0.1, 0.15) is 35.5 Å². The van der Waals surface area contributed by atoms with Crippen molar-refractivity contribution in [3.63, 3.8) is 0 Å². The van der Waals surface area contributed by atoms with Gasteiger partial charge >= 0.3 is 12.2 Å². The lowest BCUT2D eigenvalue weighted by Crippen LogP contribution is -2.52. The molecule has 2 saturated heterocycles. The van der Waals surface area contributed by atoms with E-state index in [0.29, 0.717) is 60.3 Å². The fourth-order valence-corrected chi connectivity index (χ4v) is 5.93. The average molecular weight is 626 g/mol. The number of alkyl halides is 3. The third-order valence-corrected chi connectivity index (χ3v) is 8.56. The maximum atomic E-state index is 15.2. The molecule has 0 radical (unpaired) electrons. The number of anilines is 3. The molecule has 2 aromatic carbocycles. The van der Waals surface area contributed by atoms with Crippen molar-refractivity contribution in [2.75, 3.05) is 42.7 Å².